The molecule has 0 saturated heterocycles. The van der Waals surface area contributed by atoms with Crippen molar-refractivity contribution in [2.45, 2.75) is 127 Å². The van der Waals surface area contributed by atoms with Crippen LogP contribution < -0.4 is 44.7 Å². The third kappa shape index (κ3) is 16.9. The summed E-state index contributed by atoms with van der Waals surface area (Å²) in [7, 11) is -6.64. The number of carbonyl (C=O) groups is 7. The van der Waals surface area contributed by atoms with Crippen molar-refractivity contribution in [3.8, 4) is 34.1 Å². The molecule has 4 aliphatic heterocycles. The zero-order valence-corrected chi connectivity index (χ0v) is 60.9. The van der Waals surface area contributed by atoms with Crippen molar-refractivity contribution in [3.05, 3.63) is 143 Å². The van der Waals surface area contributed by atoms with Crippen LogP contribution in [0.25, 0.3) is 16.7 Å². The lowest BCUT2D eigenvalue weighted by Crippen LogP contribution is -2.53. The summed E-state index contributed by atoms with van der Waals surface area (Å²) in [6.45, 7) is 18.1. The Morgan fingerprint density at radius 1 is 0.614 bits per heavy atom. The number of carbonyl (C=O) groups excluding carboxylic acids is 7. The molecule has 540 valence electrons. The summed E-state index contributed by atoms with van der Waals surface area (Å²) in [5.41, 5.74) is 0.473. The lowest BCUT2D eigenvalue weighted by molar-refractivity contribution is -0.128. The number of benzene rings is 5. The first-order valence-electron chi connectivity index (χ1n) is 33.1. The molecule has 5 aromatic carbocycles. The van der Waals surface area contributed by atoms with Gasteiger partial charge in [0.1, 0.15) is 50.0 Å². The van der Waals surface area contributed by atoms with Crippen LogP contribution in [-0.2, 0) is 47.7 Å². The zero-order valence-electron chi connectivity index (χ0n) is 58.1. The summed E-state index contributed by atoms with van der Waals surface area (Å²) in [5.74, 6) is -4.49. The first-order valence-corrected chi connectivity index (χ1v) is 42.0. The van der Waals surface area contributed by atoms with Crippen molar-refractivity contribution in [2.75, 3.05) is 75.8 Å². The van der Waals surface area contributed by atoms with E-state index in [4.69, 9.17) is 33.2 Å². The molecule has 1 unspecified atom stereocenters. The quantitative estimate of drug-likeness (QED) is 0.0174. The van der Waals surface area contributed by atoms with Crippen molar-refractivity contribution in [1.82, 2.24) is 20.4 Å². The molecule has 5 aliphatic rings. The first-order chi connectivity index (χ1) is 47.8. The average molecular weight is 1450 g/mol. The molecule has 0 fully saturated rings. The van der Waals surface area contributed by atoms with E-state index >= 15 is 0 Å². The molecule has 0 radical (unpaired) electrons. The van der Waals surface area contributed by atoms with Crippen molar-refractivity contribution in [3.63, 3.8) is 0 Å². The second-order valence-corrected chi connectivity index (χ2v) is 40.7. The summed E-state index contributed by atoms with van der Waals surface area (Å²) in [6.07, 6.45) is 1.28. The maximum atomic E-state index is 15.0. The number of nitrogens with zero attached hydrogens (tertiary/aromatic N) is 4. The van der Waals surface area contributed by atoms with Crippen LogP contribution in [0.5, 0.6) is 23.0 Å². The SMILES string of the molecule is COc1cc2c(cc1OCCCOc1cc3c(cc1OC)C(=O)N1C=C(c4ccc(NC(=O)C(C)NC(=O)[C@@H](NC(=O)OCC5c6ccccc6-c6ccccc65)C(C)C)cc4)C[C@H]1C(=O)N3COCC[Si](C)(C)C)N(COCC[Si](C)(C)C)C(=O)[C@@H]1CC(OS(=O)(=O)C(F)(F)F)=CN1C2=O. The first kappa shape index (κ1) is 74.5. The van der Waals surface area contributed by atoms with Crippen molar-refractivity contribution < 1.29 is 92.5 Å². The summed E-state index contributed by atoms with van der Waals surface area (Å²) in [4.78, 5) is 104. The molecular weight excluding hydrogens is 1370 g/mol. The molecule has 10 rings (SSSR count). The Balaban J connectivity index is 0.793. The molecule has 24 nitrogen and oxygen atoms in total. The Kier molecular flexibility index (Phi) is 22.5. The van der Waals surface area contributed by atoms with Gasteiger partial charge >= 0.3 is 21.7 Å². The number of nitrogens with one attached hydrogen (secondary N) is 3. The van der Waals surface area contributed by atoms with Gasteiger partial charge in [-0.1, -0.05) is 114 Å². The Bertz CT molecular complexity index is 4150. The molecule has 0 saturated carbocycles. The molecule has 7 amide bonds. The lowest BCUT2D eigenvalue weighted by Gasteiger charge is -2.27. The predicted octanol–water partition coefficient (Wildman–Crippen LogP) is 11.1. The number of alkyl halides is 3. The second-order valence-electron chi connectivity index (χ2n) is 27.9. The summed E-state index contributed by atoms with van der Waals surface area (Å²) >= 11 is 0. The minimum atomic E-state index is -6.13. The van der Waals surface area contributed by atoms with E-state index in [-0.39, 0.29) is 110 Å². The van der Waals surface area contributed by atoms with Crippen molar-refractivity contribution in [2.24, 2.45) is 5.92 Å². The monoisotopic (exact) mass is 1450 g/mol. The van der Waals surface area contributed by atoms with Gasteiger partial charge in [0.2, 0.25) is 11.8 Å². The van der Waals surface area contributed by atoms with Gasteiger partial charge in [0.05, 0.1) is 49.9 Å². The highest BCUT2D eigenvalue weighted by atomic mass is 32.2. The van der Waals surface area contributed by atoms with E-state index < -0.39 is 110 Å². The highest BCUT2D eigenvalue weighted by Crippen LogP contribution is 2.47. The smallest absolute Gasteiger partial charge is 0.493 e. The third-order valence-electron chi connectivity index (χ3n) is 17.8. The maximum absolute atomic E-state index is 15.0. The molecule has 0 aromatic heterocycles. The van der Waals surface area contributed by atoms with E-state index in [1.165, 1.54) is 49.1 Å². The van der Waals surface area contributed by atoms with Gasteiger partial charge in [0.25, 0.3) is 23.6 Å². The van der Waals surface area contributed by atoms with Crippen LogP contribution in [0, 0.1) is 5.92 Å². The van der Waals surface area contributed by atoms with E-state index in [0.717, 1.165) is 44.3 Å². The van der Waals surface area contributed by atoms with Crippen molar-refractivity contribution >= 4 is 90.4 Å². The molecule has 101 heavy (non-hydrogen) atoms. The molecule has 30 heteroatoms. The molecule has 4 heterocycles. The summed E-state index contributed by atoms with van der Waals surface area (Å²) < 4.78 is 110. The number of hydrogen-bond acceptors (Lipinski definition) is 17. The minimum absolute atomic E-state index is 0.00860. The van der Waals surface area contributed by atoms with Gasteiger partial charge in [0, 0.05) is 84.8 Å². The van der Waals surface area contributed by atoms with Gasteiger partial charge in [-0.25, -0.2) is 4.79 Å². The normalized spacial score (nSPS) is 17.3. The fourth-order valence-electron chi connectivity index (χ4n) is 12.2. The van der Waals surface area contributed by atoms with Crippen LogP contribution in [0.4, 0.5) is 35.0 Å². The zero-order chi connectivity index (χ0) is 73.0. The highest BCUT2D eigenvalue weighted by molar-refractivity contribution is 7.87. The number of amides is 7. The van der Waals surface area contributed by atoms with Crippen molar-refractivity contribution in [1.29, 1.82) is 0 Å². The largest absolute Gasteiger partial charge is 0.534 e. The number of rotatable bonds is 29. The second kappa shape index (κ2) is 30.5. The van der Waals surface area contributed by atoms with E-state index in [1.807, 2.05) is 48.5 Å². The fraction of sp³-hybridized carbons (Fsp3) is 0.423. The van der Waals surface area contributed by atoms with Crippen LogP contribution in [0.15, 0.2) is 115 Å². The van der Waals surface area contributed by atoms with Crippen LogP contribution >= 0.6 is 0 Å². The fourth-order valence-corrected chi connectivity index (χ4v) is 14.2. The topological polar surface area (TPSA) is 277 Å². The van der Waals surface area contributed by atoms with Gasteiger partial charge in [-0.15, -0.1) is 0 Å². The number of halogens is 3. The Morgan fingerprint density at radius 2 is 1.11 bits per heavy atom. The number of alkyl carbamates (subject to hydrolysis) is 1. The van der Waals surface area contributed by atoms with Gasteiger partial charge < -0.3 is 58.2 Å². The molecule has 5 aromatic rings. The van der Waals surface area contributed by atoms with Crippen LogP contribution in [0.3, 0.4) is 0 Å². The Hall–Kier alpha value is -9.24. The standard InChI is InChI=1S/C71H84F3N7O17SSi2/c1-42(2)63(77-70(88)97-39-54-50-19-14-12-17-48(50)49-18-13-15-20-51(49)54)65(83)75-43(3)64(82)76-46-23-21-44(22-24-46)45-31-57-68(86)80(40-93-27-29-100(6,7)8)55-35-61(59(91-4)33-52(55)66(84)78(57)37-45)95-25-16-26-96-62-36-56-53(34-60(62)92-5)67(85)79-38-47(98-99(89,90)71(72,73)74)32-58(79)69(87)81(56)41-94-28-30-101(9,10)11/h12-15,17-24,33-38,42-43,54,57-58,63H,16,25-32,39-41H2,1-11H3,(H,75,83)(H,76,82)(H,77,88)/t43?,57-,58-,63-/m0/s1. The minimum Gasteiger partial charge on any atom is -0.493 e. The number of hydrogen-bond donors (Lipinski definition) is 3. The molecule has 3 N–H and O–H groups in total. The molecule has 1 aliphatic carbocycles. The Labute approximate surface area is 586 Å². The number of methoxy groups -OCH3 is 2. The summed E-state index contributed by atoms with van der Waals surface area (Å²) in [5, 5.41) is 8.25. The number of fused-ring (bicyclic) bond motifs is 7. The predicted molar refractivity (Wildman–Crippen MR) is 375 cm³/mol. The maximum Gasteiger partial charge on any atom is 0.534 e. The number of ether oxygens (including phenoxy) is 7. The van der Waals surface area contributed by atoms with E-state index in [9.17, 15) is 55.2 Å². The van der Waals surface area contributed by atoms with E-state index in [2.05, 4.69) is 59.4 Å². The molecule has 4 atom stereocenters. The van der Waals surface area contributed by atoms with Gasteiger partial charge in [-0.3, -0.25) is 43.5 Å². The average Bonchev–Trinajstić information content (AvgIpc) is 1.63. The van der Waals surface area contributed by atoms with Gasteiger partial charge in [0.15, 0.2) is 23.0 Å². The molecule has 0 bridgehead atoms. The third-order valence-corrected chi connectivity index (χ3v) is 22.2. The highest BCUT2D eigenvalue weighted by Gasteiger charge is 2.52. The van der Waals surface area contributed by atoms with E-state index in [1.54, 1.807) is 50.4 Å². The van der Waals surface area contributed by atoms with Crippen LogP contribution in [0.2, 0.25) is 51.4 Å². The van der Waals surface area contributed by atoms with Crippen LogP contribution in [0.1, 0.15) is 83.4 Å². The Morgan fingerprint density at radius 3 is 1.59 bits per heavy atom. The van der Waals surface area contributed by atoms with E-state index in [0.29, 0.717) is 29.5 Å². The molecule has 0 spiro atoms. The summed E-state index contributed by atoms with van der Waals surface area (Å²) in [6, 6.07) is 25.5. The lowest BCUT2D eigenvalue weighted by atomic mass is 9.98. The molecular formula is C71H84F3N7O17SSi2. The van der Waals surface area contributed by atoms with Gasteiger partial charge in [-0.2, -0.15) is 21.6 Å². The number of anilines is 3. The van der Waals surface area contributed by atoms with Gasteiger partial charge in [-0.05, 0) is 82.6 Å². The van der Waals surface area contributed by atoms with Crippen LogP contribution in [-0.4, -0.2) is 166 Å².